The molecule has 0 fully saturated rings. The Hall–Kier alpha value is -2.09. The molecule has 7 nitrogen and oxygen atoms in total. The van der Waals surface area contributed by atoms with Gasteiger partial charge in [0, 0.05) is 32.1 Å². The molecule has 20 heavy (non-hydrogen) atoms. The summed E-state index contributed by atoms with van der Waals surface area (Å²) in [6.07, 6.45) is 3.96. The van der Waals surface area contributed by atoms with E-state index in [0.717, 1.165) is 13.0 Å². The van der Waals surface area contributed by atoms with Crippen LogP contribution < -0.4 is 10.0 Å². The molecule has 2 N–H and O–H groups in total. The number of nitrogens with zero attached hydrogens (tertiary/aromatic N) is 3. The summed E-state index contributed by atoms with van der Waals surface area (Å²) in [4.78, 5) is 4.18. The molecular formula is C12H17N5O2S. The first kappa shape index (κ1) is 14.3. The van der Waals surface area contributed by atoms with Gasteiger partial charge in [0.25, 0.3) is 10.0 Å². The molecule has 0 amide bonds. The van der Waals surface area contributed by atoms with Crippen molar-refractivity contribution in [3.63, 3.8) is 0 Å². The first-order chi connectivity index (χ1) is 9.51. The van der Waals surface area contributed by atoms with Crippen LogP contribution in [0.15, 0.2) is 35.5 Å². The monoisotopic (exact) mass is 295 g/mol. The third kappa shape index (κ3) is 3.47. The van der Waals surface area contributed by atoms with E-state index in [4.69, 9.17) is 0 Å². The fraction of sp³-hybridized carbons (Fsp3) is 0.333. The number of rotatable bonds is 6. The summed E-state index contributed by atoms with van der Waals surface area (Å²) >= 11 is 0. The van der Waals surface area contributed by atoms with Crippen molar-refractivity contribution in [3.05, 3.63) is 30.6 Å². The Labute approximate surface area is 118 Å². The molecule has 0 bridgehead atoms. The van der Waals surface area contributed by atoms with Gasteiger partial charge in [-0.25, -0.2) is 13.4 Å². The number of anilines is 2. The summed E-state index contributed by atoms with van der Waals surface area (Å²) in [5, 5.41) is 7.06. The molecule has 0 unspecified atom stereocenters. The molecule has 8 heteroatoms. The molecule has 0 radical (unpaired) electrons. The fourth-order valence-corrected chi connectivity index (χ4v) is 2.50. The van der Waals surface area contributed by atoms with Gasteiger partial charge >= 0.3 is 0 Å². The summed E-state index contributed by atoms with van der Waals surface area (Å²) in [6.45, 7) is 2.84. The van der Waals surface area contributed by atoms with E-state index in [1.165, 1.54) is 16.9 Å². The van der Waals surface area contributed by atoms with Crippen LogP contribution in [0.25, 0.3) is 0 Å². The zero-order valence-electron chi connectivity index (χ0n) is 11.4. The molecule has 2 aromatic rings. The quantitative estimate of drug-likeness (QED) is 0.841. The van der Waals surface area contributed by atoms with Gasteiger partial charge in [-0.15, -0.1) is 0 Å². The van der Waals surface area contributed by atoms with E-state index >= 15 is 0 Å². The van der Waals surface area contributed by atoms with Crippen molar-refractivity contribution in [1.29, 1.82) is 0 Å². The highest BCUT2D eigenvalue weighted by atomic mass is 32.2. The van der Waals surface area contributed by atoms with Gasteiger partial charge in [0.15, 0.2) is 5.82 Å². The van der Waals surface area contributed by atoms with E-state index in [1.807, 2.05) is 6.92 Å². The minimum absolute atomic E-state index is 0.102. The van der Waals surface area contributed by atoms with Crippen molar-refractivity contribution in [1.82, 2.24) is 14.8 Å². The Morgan fingerprint density at radius 2 is 2.05 bits per heavy atom. The van der Waals surface area contributed by atoms with Gasteiger partial charge in [-0.05, 0) is 18.6 Å². The van der Waals surface area contributed by atoms with Crippen LogP contribution in [0, 0.1) is 0 Å². The number of sulfonamides is 1. The predicted octanol–water partition coefficient (Wildman–Crippen LogP) is 1.44. The van der Waals surface area contributed by atoms with Gasteiger partial charge < -0.3 is 5.32 Å². The highest BCUT2D eigenvalue weighted by Crippen LogP contribution is 2.14. The van der Waals surface area contributed by atoms with Crippen LogP contribution in [0.4, 0.5) is 11.6 Å². The third-order valence-corrected chi connectivity index (χ3v) is 3.90. The molecule has 2 heterocycles. The Balaban J connectivity index is 2.13. The van der Waals surface area contributed by atoms with E-state index in [-0.39, 0.29) is 10.7 Å². The number of nitrogens with one attached hydrogen (secondary N) is 2. The van der Waals surface area contributed by atoms with Crippen LogP contribution in [-0.4, -0.2) is 29.7 Å². The summed E-state index contributed by atoms with van der Waals surface area (Å²) in [5.41, 5.74) is 0. The summed E-state index contributed by atoms with van der Waals surface area (Å²) in [5.74, 6) is 0.935. The van der Waals surface area contributed by atoms with Gasteiger partial charge in [-0.2, -0.15) is 5.10 Å². The van der Waals surface area contributed by atoms with Crippen molar-refractivity contribution in [2.75, 3.05) is 16.6 Å². The van der Waals surface area contributed by atoms with Gasteiger partial charge in [-0.3, -0.25) is 9.40 Å². The molecule has 0 atom stereocenters. The van der Waals surface area contributed by atoms with Crippen molar-refractivity contribution in [2.45, 2.75) is 18.2 Å². The second-order valence-corrected chi connectivity index (χ2v) is 5.97. The number of aryl methyl sites for hydroxylation is 1. The van der Waals surface area contributed by atoms with Gasteiger partial charge in [0.2, 0.25) is 0 Å². The van der Waals surface area contributed by atoms with Crippen LogP contribution >= 0.6 is 0 Å². The maximum absolute atomic E-state index is 12.1. The molecule has 108 valence electrons. The second-order valence-electron chi connectivity index (χ2n) is 4.29. The highest BCUT2D eigenvalue weighted by molar-refractivity contribution is 7.92. The molecule has 0 saturated carbocycles. The number of pyridine rings is 1. The first-order valence-corrected chi connectivity index (χ1v) is 7.72. The van der Waals surface area contributed by atoms with Crippen molar-refractivity contribution < 1.29 is 8.42 Å². The van der Waals surface area contributed by atoms with E-state index in [2.05, 4.69) is 20.1 Å². The van der Waals surface area contributed by atoms with Crippen molar-refractivity contribution in [2.24, 2.45) is 7.05 Å². The Kier molecular flexibility index (Phi) is 4.23. The predicted molar refractivity (Wildman–Crippen MR) is 77.0 cm³/mol. The van der Waals surface area contributed by atoms with Gasteiger partial charge in [0.1, 0.15) is 10.7 Å². The van der Waals surface area contributed by atoms with Crippen LogP contribution in [-0.2, 0) is 17.1 Å². The molecule has 0 aromatic carbocycles. The van der Waals surface area contributed by atoms with Gasteiger partial charge in [-0.1, -0.05) is 6.92 Å². The maximum Gasteiger partial charge on any atom is 0.264 e. The Morgan fingerprint density at radius 3 is 2.60 bits per heavy atom. The summed E-state index contributed by atoms with van der Waals surface area (Å²) in [6, 6.07) is 4.74. The Morgan fingerprint density at radius 1 is 1.25 bits per heavy atom. The van der Waals surface area contributed by atoms with Crippen LogP contribution in [0.3, 0.4) is 0 Å². The SMILES string of the molecule is CCCNc1ccc(S(=O)(=O)Nc2ccn(C)n2)cn1. The zero-order valence-corrected chi connectivity index (χ0v) is 12.2. The number of hydrogen-bond donors (Lipinski definition) is 2. The molecule has 2 rings (SSSR count). The number of aromatic nitrogens is 3. The lowest BCUT2D eigenvalue weighted by molar-refractivity contribution is 0.600. The van der Waals surface area contributed by atoms with E-state index in [9.17, 15) is 8.42 Å². The van der Waals surface area contributed by atoms with Crippen LogP contribution in [0.1, 0.15) is 13.3 Å². The minimum atomic E-state index is -3.65. The average Bonchev–Trinajstić information content (AvgIpc) is 2.81. The molecule has 0 spiro atoms. The average molecular weight is 295 g/mol. The summed E-state index contributed by atoms with van der Waals surface area (Å²) < 4.78 is 28.2. The molecule has 0 aliphatic rings. The zero-order chi connectivity index (χ0) is 14.6. The number of hydrogen-bond acceptors (Lipinski definition) is 5. The first-order valence-electron chi connectivity index (χ1n) is 6.23. The van der Waals surface area contributed by atoms with Crippen LogP contribution in [0.5, 0.6) is 0 Å². The third-order valence-electron chi connectivity index (χ3n) is 2.56. The molecule has 0 aliphatic carbocycles. The lowest BCUT2D eigenvalue weighted by Crippen LogP contribution is -2.14. The molecular weight excluding hydrogens is 278 g/mol. The fourth-order valence-electron chi connectivity index (χ4n) is 1.56. The topological polar surface area (TPSA) is 88.9 Å². The summed E-state index contributed by atoms with van der Waals surface area (Å²) in [7, 11) is -1.94. The maximum atomic E-state index is 12.1. The smallest absolute Gasteiger partial charge is 0.264 e. The normalized spacial score (nSPS) is 11.3. The minimum Gasteiger partial charge on any atom is -0.370 e. The standard InChI is InChI=1S/C12H17N5O2S/c1-3-7-13-11-5-4-10(9-14-11)20(18,19)16-12-6-8-17(2)15-12/h4-6,8-9H,3,7H2,1-2H3,(H,13,14)(H,15,16). The van der Waals surface area contributed by atoms with E-state index in [0.29, 0.717) is 5.82 Å². The van der Waals surface area contributed by atoms with Crippen LogP contribution in [0.2, 0.25) is 0 Å². The van der Waals surface area contributed by atoms with Crippen molar-refractivity contribution in [3.8, 4) is 0 Å². The van der Waals surface area contributed by atoms with E-state index in [1.54, 1.807) is 25.4 Å². The molecule has 0 saturated heterocycles. The lowest BCUT2D eigenvalue weighted by Gasteiger charge is -2.07. The Bertz CT molecular complexity index is 663. The molecule has 0 aliphatic heterocycles. The lowest BCUT2D eigenvalue weighted by atomic mass is 10.4. The van der Waals surface area contributed by atoms with E-state index < -0.39 is 10.0 Å². The highest BCUT2D eigenvalue weighted by Gasteiger charge is 2.15. The van der Waals surface area contributed by atoms with Crippen molar-refractivity contribution >= 4 is 21.7 Å². The second kappa shape index (κ2) is 5.91. The van der Waals surface area contributed by atoms with Gasteiger partial charge in [0.05, 0.1) is 0 Å². The largest absolute Gasteiger partial charge is 0.370 e. The molecule has 2 aromatic heterocycles.